The van der Waals surface area contributed by atoms with Gasteiger partial charge in [-0.25, -0.2) is 0 Å². The van der Waals surface area contributed by atoms with Gasteiger partial charge < -0.3 is 23.7 Å². The van der Waals surface area contributed by atoms with Gasteiger partial charge in [0.25, 0.3) is 0 Å². The molecule has 0 spiro atoms. The van der Waals surface area contributed by atoms with Gasteiger partial charge in [-0.05, 0) is 62.0 Å². The molecule has 0 aliphatic carbocycles. The quantitative estimate of drug-likeness (QED) is 0.295. The Morgan fingerprint density at radius 1 is 0.771 bits per heavy atom. The van der Waals surface area contributed by atoms with Crippen LogP contribution < -0.4 is 18.9 Å². The van der Waals surface area contributed by atoms with Crippen LogP contribution in [0.4, 0.5) is 0 Å². The van der Waals surface area contributed by atoms with Crippen molar-refractivity contribution in [2.75, 3.05) is 34.6 Å². The lowest BCUT2D eigenvalue weighted by Crippen LogP contribution is -2.14. The van der Waals surface area contributed by atoms with Crippen molar-refractivity contribution in [3.63, 3.8) is 0 Å². The first-order valence-corrected chi connectivity index (χ1v) is 13.9. The van der Waals surface area contributed by atoms with Crippen LogP contribution in [0.1, 0.15) is 59.1 Å². The van der Waals surface area contributed by atoms with Crippen molar-refractivity contribution in [1.29, 1.82) is 0 Å². The van der Waals surface area contributed by atoms with Gasteiger partial charge in [0, 0.05) is 23.5 Å². The van der Waals surface area contributed by atoms with Gasteiger partial charge in [0.2, 0.25) is 0 Å². The van der Waals surface area contributed by atoms with Crippen LogP contribution in [0, 0.1) is 11.3 Å². The van der Waals surface area contributed by atoms with E-state index in [0.29, 0.717) is 11.3 Å². The fourth-order valence-electron chi connectivity index (χ4n) is 4.35. The maximum atomic E-state index is 9.44. The number of hydrogen-bond acceptors (Lipinski definition) is 5. The first-order valence-electron chi connectivity index (χ1n) is 12.0. The standard InChI is InChI=1S/C26H39O4P.C3H6O/c1-19(15-26(2,3)4)16-31(17-20-22(27-5)11-9-12-23(20)28-6)18-21-24(29-7)13-10-14-25(21)30-8;1-3(2)4/h9-14,19H,15-18H2,1-8H3;1-2H3. The summed E-state index contributed by atoms with van der Waals surface area (Å²) in [5.41, 5.74) is 2.61. The van der Waals surface area contributed by atoms with Crippen LogP contribution in [-0.4, -0.2) is 40.4 Å². The van der Waals surface area contributed by atoms with Gasteiger partial charge in [0.1, 0.15) is 28.8 Å². The molecule has 0 aliphatic rings. The largest absolute Gasteiger partial charge is 0.496 e. The summed E-state index contributed by atoms with van der Waals surface area (Å²) in [6.07, 6.45) is 4.21. The van der Waals surface area contributed by atoms with E-state index >= 15 is 0 Å². The normalized spacial score (nSPS) is 11.9. The third kappa shape index (κ3) is 10.9. The van der Waals surface area contributed by atoms with Crippen LogP contribution in [0.5, 0.6) is 23.0 Å². The lowest BCUT2D eigenvalue weighted by molar-refractivity contribution is -0.114. The zero-order chi connectivity index (χ0) is 26.6. The molecule has 0 amide bonds. The van der Waals surface area contributed by atoms with Crippen LogP contribution in [0.2, 0.25) is 0 Å². The maximum absolute atomic E-state index is 9.44. The molecule has 196 valence electrons. The Morgan fingerprint density at radius 2 is 1.09 bits per heavy atom. The van der Waals surface area contributed by atoms with E-state index in [2.05, 4.69) is 27.7 Å². The number of benzene rings is 2. The molecule has 1 atom stereocenters. The Balaban J connectivity index is 0.00000142. The smallest absolute Gasteiger partial charge is 0.126 e. The van der Waals surface area contributed by atoms with Crippen molar-refractivity contribution in [3.05, 3.63) is 47.5 Å². The van der Waals surface area contributed by atoms with Crippen molar-refractivity contribution < 1.29 is 23.7 Å². The van der Waals surface area contributed by atoms with E-state index in [-0.39, 0.29) is 5.78 Å². The fourth-order valence-corrected chi connectivity index (χ4v) is 7.25. The summed E-state index contributed by atoms with van der Waals surface area (Å²) in [7, 11) is 6.50. The predicted molar refractivity (Wildman–Crippen MR) is 148 cm³/mol. The van der Waals surface area contributed by atoms with Crippen molar-refractivity contribution in [3.8, 4) is 23.0 Å². The minimum atomic E-state index is -0.413. The highest BCUT2D eigenvalue weighted by atomic mass is 31.1. The van der Waals surface area contributed by atoms with Gasteiger partial charge in [0.05, 0.1) is 28.4 Å². The molecule has 2 aromatic carbocycles. The summed E-state index contributed by atoms with van der Waals surface area (Å²) >= 11 is 0. The Labute approximate surface area is 214 Å². The summed E-state index contributed by atoms with van der Waals surface area (Å²) in [5.74, 6) is 4.35. The second kappa shape index (κ2) is 15.0. The monoisotopic (exact) mass is 504 g/mol. The van der Waals surface area contributed by atoms with Crippen molar-refractivity contribution >= 4 is 13.7 Å². The summed E-state index contributed by atoms with van der Waals surface area (Å²) in [4.78, 5) is 9.44. The van der Waals surface area contributed by atoms with Gasteiger partial charge in [-0.3, -0.25) is 0 Å². The topological polar surface area (TPSA) is 54.0 Å². The Bertz CT molecular complexity index is 814. The molecule has 0 saturated carbocycles. The molecule has 0 N–H and O–H groups in total. The molecule has 35 heavy (non-hydrogen) atoms. The van der Waals surface area contributed by atoms with Crippen LogP contribution in [0.15, 0.2) is 36.4 Å². The molecule has 0 radical (unpaired) electrons. The number of ether oxygens (including phenoxy) is 4. The summed E-state index contributed by atoms with van der Waals surface area (Å²) < 4.78 is 22.8. The van der Waals surface area contributed by atoms with E-state index < -0.39 is 7.92 Å². The Morgan fingerprint density at radius 3 is 1.34 bits per heavy atom. The van der Waals surface area contributed by atoms with E-state index in [1.807, 2.05) is 36.4 Å². The van der Waals surface area contributed by atoms with Crippen LogP contribution in [-0.2, 0) is 17.1 Å². The number of carbonyl (C=O) groups excluding carboxylic acids is 1. The number of Topliss-reactive ketones (excluding diaryl/α,β-unsaturated/α-hetero) is 1. The van der Waals surface area contributed by atoms with E-state index in [4.69, 9.17) is 18.9 Å². The summed E-state index contributed by atoms with van der Waals surface area (Å²) in [5, 5.41) is 0. The van der Waals surface area contributed by atoms with Gasteiger partial charge in [0.15, 0.2) is 0 Å². The van der Waals surface area contributed by atoms with E-state index in [1.165, 1.54) is 20.3 Å². The third-order valence-electron chi connectivity index (χ3n) is 5.35. The first kappa shape index (κ1) is 30.8. The fraction of sp³-hybridized carbons (Fsp3) is 0.552. The second-order valence-electron chi connectivity index (χ2n) is 10.2. The minimum Gasteiger partial charge on any atom is -0.496 e. The SMILES string of the molecule is CC(C)=O.COc1cccc(OC)c1CP(Cc1c(OC)cccc1OC)CC(C)CC(C)(C)C. The molecule has 2 rings (SSSR count). The van der Waals surface area contributed by atoms with Crippen molar-refractivity contribution in [2.24, 2.45) is 11.3 Å². The Hall–Kier alpha value is -2.26. The average Bonchev–Trinajstić information content (AvgIpc) is 2.77. The van der Waals surface area contributed by atoms with Crippen LogP contribution in [0.25, 0.3) is 0 Å². The van der Waals surface area contributed by atoms with Gasteiger partial charge in [-0.2, -0.15) is 0 Å². The lowest BCUT2D eigenvalue weighted by atomic mass is 9.86. The zero-order valence-corrected chi connectivity index (χ0v) is 24.3. The highest BCUT2D eigenvalue weighted by molar-refractivity contribution is 7.56. The molecule has 5 nitrogen and oxygen atoms in total. The van der Waals surface area contributed by atoms with E-state index in [0.717, 1.165) is 52.6 Å². The van der Waals surface area contributed by atoms with Gasteiger partial charge in [-0.15, -0.1) is 0 Å². The molecular weight excluding hydrogens is 459 g/mol. The van der Waals surface area contributed by atoms with E-state index in [9.17, 15) is 4.79 Å². The predicted octanol–water partition coefficient (Wildman–Crippen LogP) is 7.57. The Kier molecular flexibility index (Phi) is 13.2. The van der Waals surface area contributed by atoms with E-state index in [1.54, 1.807) is 28.4 Å². The van der Waals surface area contributed by atoms with Crippen LogP contribution in [0.3, 0.4) is 0 Å². The number of ketones is 1. The molecule has 0 bridgehead atoms. The van der Waals surface area contributed by atoms with Crippen molar-refractivity contribution in [1.82, 2.24) is 0 Å². The number of rotatable bonds is 11. The highest BCUT2D eigenvalue weighted by Crippen LogP contribution is 2.52. The minimum absolute atomic E-state index is 0.167. The number of carbonyl (C=O) groups is 1. The molecule has 6 heteroatoms. The highest BCUT2D eigenvalue weighted by Gasteiger charge is 2.24. The number of hydrogen-bond donors (Lipinski definition) is 0. The molecule has 0 aromatic heterocycles. The van der Waals surface area contributed by atoms with Crippen LogP contribution >= 0.6 is 7.92 Å². The second-order valence-corrected chi connectivity index (χ2v) is 12.6. The molecular formula is C29H45O5P. The average molecular weight is 505 g/mol. The molecule has 2 aromatic rings. The molecule has 1 unspecified atom stereocenters. The molecule has 0 saturated heterocycles. The van der Waals surface area contributed by atoms with Gasteiger partial charge in [-0.1, -0.05) is 47.7 Å². The molecule has 0 aliphatic heterocycles. The maximum Gasteiger partial charge on any atom is 0.126 e. The zero-order valence-electron chi connectivity index (χ0n) is 23.4. The number of methoxy groups -OCH3 is 4. The lowest BCUT2D eigenvalue weighted by Gasteiger charge is -2.28. The summed E-state index contributed by atoms with van der Waals surface area (Å²) in [6.45, 7) is 12.4. The summed E-state index contributed by atoms with van der Waals surface area (Å²) in [6, 6.07) is 12.0. The molecule has 0 fully saturated rings. The first-order chi connectivity index (χ1) is 16.4. The van der Waals surface area contributed by atoms with Crippen molar-refractivity contribution in [2.45, 2.75) is 60.3 Å². The third-order valence-corrected chi connectivity index (χ3v) is 8.02. The molecule has 0 heterocycles. The van der Waals surface area contributed by atoms with Gasteiger partial charge >= 0.3 is 0 Å².